The highest BCUT2D eigenvalue weighted by molar-refractivity contribution is 5.91. The first kappa shape index (κ1) is 21.0. The second-order valence-electron chi connectivity index (χ2n) is 7.85. The SMILES string of the molecule is Cc1nn(CC(=O)Nc2ccccc2CN(C)C2CCCCC2)c(C)c1[N+](=O)[O-]. The Labute approximate surface area is 171 Å². The molecule has 1 aromatic carbocycles. The van der Waals surface area contributed by atoms with E-state index < -0.39 is 4.92 Å². The van der Waals surface area contributed by atoms with Crippen molar-refractivity contribution in [3.05, 3.63) is 51.3 Å². The summed E-state index contributed by atoms with van der Waals surface area (Å²) >= 11 is 0. The third-order valence-electron chi connectivity index (χ3n) is 5.73. The van der Waals surface area contributed by atoms with Crippen LogP contribution in [-0.2, 0) is 17.9 Å². The van der Waals surface area contributed by atoms with Gasteiger partial charge in [0.1, 0.15) is 17.9 Å². The summed E-state index contributed by atoms with van der Waals surface area (Å²) in [6, 6.07) is 8.38. The number of hydrogen-bond acceptors (Lipinski definition) is 5. The van der Waals surface area contributed by atoms with Crippen LogP contribution in [0.2, 0.25) is 0 Å². The van der Waals surface area contributed by atoms with Crippen LogP contribution in [0.15, 0.2) is 24.3 Å². The summed E-state index contributed by atoms with van der Waals surface area (Å²) in [6.45, 7) is 3.90. The Morgan fingerprint density at radius 3 is 2.62 bits per heavy atom. The van der Waals surface area contributed by atoms with Gasteiger partial charge in [0.2, 0.25) is 5.91 Å². The molecule has 0 saturated heterocycles. The summed E-state index contributed by atoms with van der Waals surface area (Å²) in [5.74, 6) is -0.252. The van der Waals surface area contributed by atoms with Crippen LogP contribution >= 0.6 is 0 Å². The summed E-state index contributed by atoms with van der Waals surface area (Å²) in [6.07, 6.45) is 6.33. The number of carbonyl (C=O) groups excluding carboxylic acids is 1. The van der Waals surface area contributed by atoms with Crippen molar-refractivity contribution in [3.63, 3.8) is 0 Å². The van der Waals surface area contributed by atoms with Crippen molar-refractivity contribution in [1.82, 2.24) is 14.7 Å². The lowest BCUT2D eigenvalue weighted by Crippen LogP contribution is -2.33. The largest absolute Gasteiger partial charge is 0.324 e. The first-order chi connectivity index (χ1) is 13.9. The smallest absolute Gasteiger partial charge is 0.312 e. The molecular weight excluding hydrogens is 370 g/mol. The Morgan fingerprint density at radius 2 is 1.97 bits per heavy atom. The number of amides is 1. The highest BCUT2D eigenvalue weighted by Crippen LogP contribution is 2.25. The number of nitrogens with zero attached hydrogens (tertiary/aromatic N) is 4. The van der Waals surface area contributed by atoms with Gasteiger partial charge in [-0.15, -0.1) is 0 Å². The number of para-hydroxylation sites is 1. The average Bonchev–Trinajstić information content (AvgIpc) is 2.97. The van der Waals surface area contributed by atoms with Crippen LogP contribution in [0.1, 0.15) is 49.1 Å². The van der Waals surface area contributed by atoms with Crippen molar-refractivity contribution in [2.24, 2.45) is 0 Å². The molecular formula is C21H29N5O3. The van der Waals surface area contributed by atoms with E-state index in [1.807, 2.05) is 24.3 Å². The second kappa shape index (κ2) is 9.17. The molecule has 1 amide bonds. The number of carbonyl (C=O) groups is 1. The molecule has 0 bridgehead atoms. The minimum absolute atomic E-state index is 0.0349. The summed E-state index contributed by atoms with van der Waals surface area (Å²) in [5.41, 5.74) is 2.50. The summed E-state index contributed by atoms with van der Waals surface area (Å²) < 4.78 is 1.39. The quantitative estimate of drug-likeness (QED) is 0.564. The van der Waals surface area contributed by atoms with Gasteiger partial charge in [0.15, 0.2) is 0 Å². The van der Waals surface area contributed by atoms with Gasteiger partial charge < -0.3 is 5.32 Å². The number of benzene rings is 1. The Morgan fingerprint density at radius 1 is 1.28 bits per heavy atom. The van der Waals surface area contributed by atoms with Crippen molar-refractivity contribution >= 4 is 17.3 Å². The Balaban J connectivity index is 1.68. The minimum atomic E-state index is -0.456. The highest BCUT2D eigenvalue weighted by atomic mass is 16.6. The maximum atomic E-state index is 12.6. The Hall–Kier alpha value is -2.74. The lowest BCUT2D eigenvalue weighted by Gasteiger charge is -2.31. The minimum Gasteiger partial charge on any atom is -0.324 e. The van der Waals surface area contributed by atoms with Gasteiger partial charge in [-0.25, -0.2) is 0 Å². The van der Waals surface area contributed by atoms with E-state index in [1.165, 1.54) is 36.8 Å². The van der Waals surface area contributed by atoms with Gasteiger partial charge in [-0.3, -0.25) is 24.5 Å². The Bertz CT molecular complexity index is 886. The Kier molecular flexibility index (Phi) is 6.64. The zero-order valence-corrected chi connectivity index (χ0v) is 17.4. The normalized spacial score (nSPS) is 14.9. The molecule has 3 rings (SSSR count). The molecule has 1 saturated carbocycles. The lowest BCUT2D eigenvalue weighted by atomic mass is 9.94. The molecule has 156 valence electrons. The molecule has 1 fully saturated rings. The lowest BCUT2D eigenvalue weighted by molar-refractivity contribution is -0.386. The van der Waals surface area contributed by atoms with Crippen molar-refractivity contribution in [2.75, 3.05) is 12.4 Å². The van der Waals surface area contributed by atoms with Gasteiger partial charge >= 0.3 is 5.69 Å². The molecule has 1 N–H and O–H groups in total. The van der Waals surface area contributed by atoms with Crippen molar-refractivity contribution in [3.8, 4) is 0 Å². The molecule has 8 heteroatoms. The molecule has 29 heavy (non-hydrogen) atoms. The van der Waals surface area contributed by atoms with E-state index in [4.69, 9.17) is 0 Å². The van der Waals surface area contributed by atoms with Gasteiger partial charge in [0, 0.05) is 18.3 Å². The summed E-state index contributed by atoms with van der Waals surface area (Å²) in [5, 5.41) is 18.3. The van der Waals surface area contributed by atoms with E-state index in [1.54, 1.807) is 13.8 Å². The van der Waals surface area contributed by atoms with Crippen molar-refractivity contribution < 1.29 is 9.72 Å². The van der Waals surface area contributed by atoms with Crippen molar-refractivity contribution in [1.29, 1.82) is 0 Å². The number of rotatable bonds is 7. The summed E-state index contributed by atoms with van der Waals surface area (Å²) in [4.78, 5) is 25.7. The number of anilines is 1. The molecule has 0 spiro atoms. The molecule has 1 heterocycles. The predicted molar refractivity (Wildman–Crippen MR) is 112 cm³/mol. The monoisotopic (exact) mass is 399 g/mol. The highest BCUT2D eigenvalue weighted by Gasteiger charge is 2.23. The zero-order valence-electron chi connectivity index (χ0n) is 17.4. The molecule has 0 atom stereocenters. The maximum absolute atomic E-state index is 12.6. The van der Waals surface area contributed by atoms with Crippen LogP contribution in [-0.4, -0.2) is 38.6 Å². The number of hydrogen-bond donors (Lipinski definition) is 1. The first-order valence-corrected chi connectivity index (χ1v) is 10.1. The van der Waals surface area contributed by atoms with Gasteiger partial charge in [0.05, 0.1) is 4.92 Å². The molecule has 0 unspecified atom stereocenters. The molecule has 1 aliphatic rings. The molecule has 0 aliphatic heterocycles. The van der Waals surface area contributed by atoms with Crippen LogP contribution in [0, 0.1) is 24.0 Å². The number of nitrogens with one attached hydrogen (secondary N) is 1. The van der Waals surface area contributed by atoms with E-state index in [0.717, 1.165) is 17.8 Å². The van der Waals surface area contributed by atoms with Crippen LogP contribution in [0.25, 0.3) is 0 Å². The number of nitro groups is 1. The maximum Gasteiger partial charge on any atom is 0.312 e. The van der Waals surface area contributed by atoms with E-state index in [-0.39, 0.29) is 18.1 Å². The number of aromatic nitrogens is 2. The third-order valence-corrected chi connectivity index (χ3v) is 5.73. The number of aryl methyl sites for hydroxylation is 1. The standard InChI is InChI=1S/C21H29N5O3/c1-15-21(26(28)29)16(2)25(23-15)14-20(27)22-19-12-8-7-9-17(19)13-24(3)18-10-5-4-6-11-18/h7-9,12,18H,4-6,10-11,13-14H2,1-3H3,(H,22,27). The fourth-order valence-corrected chi connectivity index (χ4v) is 4.13. The first-order valence-electron chi connectivity index (χ1n) is 10.1. The van der Waals surface area contributed by atoms with E-state index in [0.29, 0.717) is 17.4 Å². The fraction of sp³-hybridized carbons (Fsp3) is 0.524. The molecule has 0 radical (unpaired) electrons. The van der Waals surface area contributed by atoms with E-state index >= 15 is 0 Å². The van der Waals surface area contributed by atoms with Gasteiger partial charge in [-0.1, -0.05) is 37.5 Å². The molecule has 1 aliphatic carbocycles. The molecule has 8 nitrogen and oxygen atoms in total. The van der Waals surface area contributed by atoms with Crippen LogP contribution in [0.4, 0.5) is 11.4 Å². The van der Waals surface area contributed by atoms with Crippen LogP contribution in [0.5, 0.6) is 0 Å². The van der Waals surface area contributed by atoms with E-state index in [9.17, 15) is 14.9 Å². The van der Waals surface area contributed by atoms with Gasteiger partial charge in [0.25, 0.3) is 0 Å². The predicted octanol–water partition coefficient (Wildman–Crippen LogP) is 3.81. The molecule has 2 aromatic rings. The van der Waals surface area contributed by atoms with Crippen LogP contribution in [0.3, 0.4) is 0 Å². The summed E-state index contributed by atoms with van der Waals surface area (Å²) in [7, 11) is 2.14. The van der Waals surface area contributed by atoms with E-state index in [2.05, 4.69) is 22.4 Å². The topological polar surface area (TPSA) is 93.3 Å². The second-order valence-corrected chi connectivity index (χ2v) is 7.85. The van der Waals surface area contributed by atoms with Crippen molar-refractivity contribution in [2.45, 2.75) is 65.1 Å². The van der Waals surface area contributed by atoms with Gasteiger partial charge in [-0.05, 0) is 45.4 Å². The average molecular weight is 399 g/mol. The van der Waals surface area contributed by atoms with Crippen LogP contribution < -0.4 is 5.32 Å². The third kappa shape index (κ3) is 5.00. The van der Waals surface area contributed by atoms with Gasteiger partial charge in [-0.2, -0.15) is 5.10 Å². The molecule has 1 aromatic heterocycles. The zero-order chi connectivity index (χ0) is 21.0. The fourth-order valence-electron chi connectivity index (χ4n) is 4.13.